The molecule has 6 N–H and O–H groups in total. The molecule has 2 fully saturated rings. The number of hydrogen-bond acceptors (Lipinski definition) is 9. The third-order valence-corrected chi connectivity index (χ3v) is 5.42. The number of nitrogens with two attached hydrogens (primary N) is 2. The number of carboxylic acid groups (broad SMARTS) is 1. The van der Waals surface area contributed by atoms with Gasteiger partial charge in [0.05, 0.1) is 25.0 Å². The number of halogens is 3. The van der Waals surface area contributed by atoms with Crippen LogP contribution in [0.2, 0.25) is 0 Å². The number of ether oxygens (including phenoxy) is 1. The van der Waals surface area contributed by atoms with Crippen LogP contribution in [0.25, 0.3) is 5.57 Å². The molecule has 34 heavy (non-hydrogen) atoms. The van der Waals surface area contributed by atoms with E-state index >= 15 is 0 Å². The first-order valence-corrected chi connectivity index (χ1v) is 10.4. The van der Waals surface area contributed by atoms with Crippen LogP contribution < -0.4 is 21.3 Å². The molecule has 2 heterocycles. The number of carbonyl (C=O) groups is 1. The second-order valence-corrected chi connectivity index (χ2v) is 7.86. The van der Waals surface area contributed by atoms with Crippen LogP contribution in [0.3, 0.4) is 0 Å². The highest BCUT2D eigenvalue weighted by Crippen LogP contribution is 2.33. The van der Waals surface area contributed by atoms with E-state index in [1.807, 2.05) is 0 Å². The Hall–Kier alpha value is -3.39. The van der Waals surface area contributed by atoms with Gasteiger partial charge >= 0.3 is 12.3 Å². The van der Waals surface area contributed by atoms with Crippen molar-refractivity contribution in [2.45, 2.75) is 37.6 Å². The molecule has 1 saturated heterocycles. The van der Waals surface area contributed by atoms with Gasteiger partial charge in [0.2, 0.25) is 5.95 Å². The van der Waals surface area contributed by atoms with E-state index < -0.39 is 35.7 Å². The normalized spacial score (nSPS) is 22.1. The van der Waals surface area contributed by atoms with Crippen molar-refractivity contribution in [3.63, 3.8) is 0 Å². The van der Waals surface area contributed by atoms with Crippen molar-refractivity contribution in [2.75, 3.05) is 36.1 Å². The number of amides is 1. The molecule has 0 unspecified atom stereocenters. The van der Waals surface area contributed by atoms with Crippen molar-refractivity contribution in [1.29, 1.82) is 0 Å². The number of nitrogens with zero attached hydrogens (tertiary/aromatic N) is 5. The lowest BCUT2D eigenvalue weighted by atomic mass is 10.1. The molecule has 0 radical (unpaired) electrons. The average molecular weight is 485 g/mol. The van der Waals surface area contributed by atoms with Crippen molar-refractivity contribution in [3.8, 4) is 0 Å². The molecule has 1 aromatic rings. The molecule has 2 aliphatic rings. The number of aromatic nitrogens is 2. The number of hydrogen-bond donors (Lipinski definition) is 4. The number of rotatable bonds is 6. The molecule has 0 bridgehead atoms. The van der Waals surface area contributed by atoms with Gasteiger partial charge in [0.25, 0.3) is 0 Å². The largest absolute Gasteiger partial charge is 0.465 e. The maximum Gasteiger partial charge on any atom is 0.431 e. The van der Waals surface area contributed by atoms with Crippen molar-refractivity contribution in [1.82, 2.24) is 9.97 Å². The molecule has 186 valence electrons. The summed E-state index contributed by atoms with van der Waals surface area (Å²) in [7, 11) is 0. The van der Waals surface area contributed by atoms with Crippen LogP contribution in [0.5, 0.6) is 0 Å². The smallest absolute Gasteiger partial charge is 0.431 e. The summed E-state index contributed by atoms with van der Waals surface area (Å²) in [6, 6.07) is 0.486. The van der Waals surface area contributed by atoms with Crippen molar-refractivity contribution in [3.05, 3.63) is 29.9 Å². The van der Waals surface area contributed by atoms with Crippen LogP contribution in [-0.4, -0.2) is 77.1 Å². The second-order valence-electron chi connectivity index (χ2n) is 7.86. The van der Waals surface area contributed by atoms with Crippen LogP contribution in [0.4, 0.5) is 29.7 Å². The van der Waals surface area contributed by atoms with Gasteiger partial charge in [-0.2, -0.15) is 18.2 Å². The minimum atomic E-state index is -4.93. The molecule has 0 aromatic carbocycles. The number of aliphatic imine (C=N–C) groups is 1. The number of aliphatic hydroxyl groups excluding tert-OH is 1. The number of anilines is 2. The van der Waals surface area contributed by atoms with E-state index in [-0.39, 0.29) is 29.7 Å². The highest BCUT2D eigenvalue weighted by atomic mass is 19.4. The number of alkyl halides is 3. The van der Waals surface area contributed by atoms with Gasteiger partial charge in [-0.25, -0.2) is 14.8 Å². The van der Waals surface area contributed by atoms with Crippen LogP contribution in [0.1, 0.15) is 25.0 Å². The number of morpholine rings is 1. The molecule has 0 spiro atoms. The Morgan fingerprint density at radius 2 is 1.97 bits per heavy atom. The summed E-state index contributed by atoms with van der Waals surface area (Å²) in [6.07, 6.45) is -5.28. The standard InChI is InChI=1S/C20H26F3N7O4/c1-11(24)26-10-14(17(25)20(21,22)23)15-9-16(28-18(27-15)29-4-6-34-7-5-29)30(19(32)33)12-2-3-13(31)8-12/h9-10,12-13,31H,1-8,24-25H2,(H,32,33)/b17-14+,26-10?/t12-,13-/m0/s1. The van der Waals surface area contributed by atoms with E-state index in [0.717, 1.165) is 17.2 Å². The summed E-state index contributed by atoms with van der Waals surface area (Å²) in [5, 5.41) is 19.8. The second kappa shape index (κ2) is 10.3. The van der Waals surface area contributed by atoms with Gasteiger partial charge in [-0.1, -0.05) is 6.58 Å². The van der Waals surface area contributed by atoms with Gasteiger partial charge < -0.3 is 31.3 Å². The van der Waals surface area contributed by atoms with E-state index in [1.54, 1.807) is 4.90 Å². The summed E-state index contributed by atoms with van der Waals surface area (Å²) >= 11 is 0. The number of aliphatic hydroxyl groups is 1. The Kier molecular flexibility index (Phi) is 7.61. The molecule has 2 atom stereocenters. The van der Waals surface area contributed by atoms with Crippen LogP contribution in [0.15, 0.2) is 29.2 Å². The van der Waals surface area contributed by atoms with Gasteiger partial charge in [-0.15, -0.1) is 0 Å². The van der Waals surface area contributed by atoms with Crippen LogP contribution in [-0.2, 0) is 4.74 Å². The molecule has 1 aliphatic carbocycles. The lowest BCUT2D eigenvalue weighted by Gasteiger charge is -2.30. The quantitative estimate of drug-likeness (QED) is 0.437. The Morgan fingerprint density at radius 3 is 2.50 bits per heavy atom. The monoisotopic (exact) mass is 485 g/mol. The summed E-state index contributed by atoms with van der Waals surface area (Å²) < 4.78 is 45.9. The first-order valence-electron chi connectivity index (χ1n) is 10.4. The van der Waals surface area contributed by atoms with E-state index in [2.05, 4.69) is 21.5 Å². The maximum absolute atomic E-state index is 13.5. The van der Waals surface area contributed by atoms with Gasteiger partial charge in [0.1, 0.15) is 17.3 Å². The third kappa shape index (κ3) is 5.94. The van der Waals surface area contributed by atoms with Crippen molar-refractivity contribution in [2.24, 2.45) is 16.5 Å². The van der Waals surface area contributed by atoms with Gasteiger partial charge in [0.15, 0.2) is 0 Å². The molecule has 1 amide bonds. The number of allylic oxidation sites excluding steroid dienone is 2. The average Bonchev–Trinajstić information content (AvgIpc) is 3.18. The van der Waals surface area contributed by atoms with E-state index in [0.29, 0.717) is 39.1 Å². The zero-order chi connectivity index (χ0) is 25.0. The lowest BCUT2D eigenvalue weighted by molar-refractivity contribution is -0.0919. The Balaban J connectivity index is 2.20. The van der Waals surface area contributed by atoms with E-state index in [1.165, 1.54) is 0 Å². The SMILES string of the molecule is C=C(N)N=C/C(=C(\N)C(F)(F)F)c1cc(N(C(=O)O)[C@H]2CC[C@H](O)C2)nc(N2CCOCC2)n1. The van der Waals surface area contributed by atoms with Crippen molar-refractivity contribution < 1.29 is 32.9 Å². The molecule has 14 heteroatoms. The fourth-order valence-electron chi connectivity index (χ4n) is 3.77. The summed E-state index contributed by atoms with van der Waals surface area (Å²) in [5.41, 5.74) is 8.39. The Morgan fingerprint density at radius 1 is 1.29 bits per heavy atom. The zero-order valence-electron chi connectivity index (χ0n) is 18.2. The zero-order valence-corrected chi connectivity index (χ0v) is 18.2. The predicted molar refractivity (Wildman–Crippen MR) is 118 cm³/mol. The Bertz CT molecular complexity index is 993. The first kappa shape index (κ1) is 25.2. The minimum absolute atomic E-state index is 0.00745. The molecular formula is C20H26F3N7O4. The molecule has 1 aliphatic heterocycles. The lowest BCUT2D eigenvalue weighted by Crippen LogP contribution is -2.41. The molecule has 11 nitrogen and oxygen atoms in total. The summed E-state index contributed by atoms with van der Waals surface area (Å²) in [4.78, 5) is 27.0. The Labute approximate surface area is 193 Å². The van der Waals surface area contributed by atoms with E-state index in [4.69, 9.17) is 16.2 Å². The third-order valence-electron chi connectivity index (χ3n) is 5.42. The van der Waals surface area contributed by atoms with Gasteiger partial charge in [-0.3, -0.25) is 4.90 Å². The van der Waals surface area contributed by atoms with Crippen molar-refractivity contribution >= 4 is 29.6 Å². The van der Waals surface area contributed by atoms with Crippen LogP contribution in [0, 0.1) is 0 Å². The summed E-state index contributed by atoms with van der Waals surface area (Å²) in [6.45, 7) is 4.70. The molecule has 1 saturated carbocycles. The minimum Gasteiger partial charge on any atom is -0.465 e. The van der Waals surface area contributed by atoms with Gasteiger partial charge in [-0.05, 0) is 19.3 Å². The highest BCUT2D eigenvalue weighted by Gasteiger charge is 2.37. The fraction of sp³-hybridized carbons (Fsp3) is 0.500. The van der Waals surface area contributed by atoms with Gasteiger partial charge in [0, 0.05) is 37.0 Å². The fourth-order valence-corrected chi connectivity index (χ4v) is 3.77. The predicted octanol–water partition coefficient (Wildman–Crippen LogP) is 1.44. The summed E-state index contributed by atoms with van der Waals surface area (Å²) in [5.74, 6) is -0.402. The van der Waals surface area contributed by atoms with Crippen LogP contribution >= 0.6 is 0 Å². The molecule has 1 aromatic heterocycles. The molecular weight excluding hydrogens is 459 g/mol. The molecule has 3 rings (SSSR count). The first-order chi connectivity index (χ1) is 16.0. The van der Waals surface area contributed by atoms with E-state index in [9.17, 15) is 28.2 Å². The maximum atomic E-state index is 13.5. The topological polar surface area (TPSA) is 163 Å². The highest BCUT2D eigenvalue weighted by molar-refractivity contribution is 6.11.